The lowest BCUT2D eigenvalue weighted by Crippen LogP contribution is -2.30. The van der Waals surface area contributed by atoms with E-state index in [2.05, 4.69) is 10.4 Å². The van der Waals surface area contributed by atoms with Crippen LogP contribution in [0.1, 0.15) is 38.5 Å². The predicted molar refractivity (Wildman–Crippen MR) is 86.2 cm³/mol. The number of aryl methyl sites for hydroxylation is 2. The molecule has 0 saturated carbocycles. The van der Waals surface area contributed by atoms with Crippen LogP contribution < -0.4 is 5.32 Å². The van der Waals surface area contributed by atoms with E-state index < -0.39 is 0 Å². The van der Waals surface area contributed by atoms with Gasteiger partial charge in [0.2, 0.25) is 0 Å². The molecule has 0 spiro atoms. The third-order valence-corrected chi connectivity index (χ3v) is 4.04. The minimum absolute atomic E-state index is 0.0780. The molecule has 6 nitrogen and oxygen atoms in total. The largest absolute Gasteiger partial charge is 0.354 e. The minimum atomic E-state index is -0.275. The monoisotopic (exact) mass is 312 g/mol. The average Bonchev–Trinajstić information content (AvgIpc) is 2.93. The highest BCUT2D eigenvalue weighted by Gasteiger charge is 2.26. The SMILES string of the molecule is CNC(=O)c1cc2n(n1)CCCN(Cc1ccc(C)cc1)C2=O. The molecule has 0 bridgehead atoms. The molecule has 1 aromatic carbocycles. The van der Waals surface area contributed by atoms with Crippen LogP contribution in [0.5, 0.6) is 0 Å². The lowest BCUT2D eigenvalue weighted by Gasteiger charge is -2.20. The van der Waals surface area contributed by atoms with Crippen molar-refractivity contribution in [2.24, 2.45) is 0 Å². The van der Waals surface area contributed by atoms with Crippen molar-refractivity contribution < 1.29 is 9.59 Å². The van der Waals surface area contributed by atoms with Crippen LogP contribution in [0.25, 0.3) is 0 Å². The molecule has 0 saturated heterocycles. The van der Waals surface area contributed by atoms with E-state index in [0.717, 1.165) is 12.0 Å². The molecule has 0 fully saturated rings. The van der Waals surface area contributed by atoms with Crippen LogP contribution in [0.4, 0.5) is 0 Å². The second-order valence-electron chi connectivity index (χ2n) is 5.78. The van der Waals surface area contributed by atoms with Crippen molar-refractivity contribution in [2.75, 3.05) is 13.6 Å². The van der Waals surface area contributed by atoms with Gasteiger partial charge >= 0.3 is 0 Å². The number of carbonyl (C=O) groups excluding carboxylic acids is 2. The van der Waals surface area contributed by atoms with E-state index in [1.54, 1.807) is 17.8 Å². The molecule has 0 radical (unpaired) electrons. The summed E-state index contributed by atoms with van der Waals surface area (Å²) in [6.07, 6.45) is 0.819. The van der Waals surface area contributed by atoms with E-state index in [4.69, 9.17) is 0 Å². The van der Waals surface area contributed by atoms with E-state index in [1.165, 1.54) is 5.56 Å². The Balaban J connectivity index is 1.84. The number of amides is 2. The number of hydrogen-bond donors (Lipinski definition) is 1. The Bertz CT molecular complexity index is 734. The second-order valence-corrected chi connectivity index (χ2v) is 5.78. The minimum Gasteiger partial charge on any atom is -0.354 e. The zero-order chi connectivity index (χ0) is 16.4. The topological polar surface area (TPSA) is 67.2 Å². The summed E-state index contributed by atoms with van der Waals surface area (Å²) >= 11 is 0. The maximum absolute atomic E-state index is 12.8. The van der Waals surface area contributed by atoms with Crippen LogP contribution in [0, 0.1) is 6.92 Å². The zero-order valence-corrected chi connectivity index (χ0v) is 13.4. The Kier molecular flexibility index (Phi) is 4.14. The van der Waals surface area contributed by atoms with E-state index in [0.29, 0.717) is 25.3 Å². The standard InChI is InChI=1S/C17H20N4O2/c1-12-4-6-13(7-5-12)11-20-8-3-9-21-15(17(20)23)10-14(19-21)16(22)18-2/h4-7,10H,3,8-9,11H2,1-2H3,(H,18,22). The third-order valence-electron chi connectivity index (χ3n) is 4.04. The smallest absolute Gasteiger partial charge is 0.272 e. The maximum atomic E-state index is 12.8. The number of nitrogens with one attached hydrogen (secondary N) is 1. The summed E-state index contributed by atoms with van der Waals surface area (Å²) < 4.78 is 1.64. The van der Waals surface area contributed by atoms with Gasteiger partial charge in [-0.05, 0) is 18.9 Å². The molecule has 23 heavy (non-hydrogen) atoms. The lowest BCUT2D eigenvalue weighted by atomic mass is 10.1. The van der Waals surface area contributed by atoms with Gasteiger partial charge in [-0.1, -0.05) is 29.8 Å². The molecule has 2 aromatic rings. The molecule has 3 rings (SSSR count). The number of rotatable bonds is 3. The first-order chi connectivity index (χ1) is 11.1. The molecule has 2 heterocycles. The number of fused-ring (bicyclic) bond motifs is 1. The first-order valence-electron chi connectivity index (χ1n) is 7.73. The highest BCUT2D eigenvalue weighted by atomic mass is 16.2. The van der Waals surface area contributed by atoms with Crippen LogP contribution in [0.3, 0.4) is 0 Å². The van der Waals surface area contributed by atoms with Gasteiger partial charge in [-0.25, -0.2) is 0 Å². The van der Waals surface area contributed by atoms with E-state index >= 15 is 0 Å². The lowest BCUT2D eigenvalue weighted by molar-refractivity contribution is 0.0745. The molecule has 1 aromatic heterocycles. The molecule has 6 heteroatoms. The van der Waals surface area contributed by atoms with Gasteiger partial charge in [0.15, 0.2) is 5.69 Å². The quantitative estimate of drug-likeness (QED) is 0.936. The molecule has 2 amide bonds. The Morgan fingerprint density at radius 1 is 1.26 bits per heavy atom. The Hall–Kier alpha value is -2.63. The van der Waals surface area contributed by atoms with Crippen molar-refractivity contribution in [3.05, 3.63) is 52.8 Å². The van der Waals surface area contributed by atoms with E-state index in [1.807, 2.05) is 36.1 Å². The molecule has 0 unspecified atom stereocenters. The third kappa shape index (κ3) is 3.11. The van der Waals surface area contributed by atoms with Gasteiger partial charge in [0.1, 0.15) is 5.69 Å². The summed E-state index contributed by atoms with van der Waals surface area (Å²) in [5.74, 6) is -0.353. The van der Waals surface area contributed by atoms with Gasteiger partial charge < -0.3 is 10.2 Å². The van der Waals surface area contributed by atoms with E-state index in [-0.39, 0.29) is 17.5 Å². The van der Waals surface area contributed by atoms with Crippen molar-refractivity contribution in [3.63, 3.8) is 0 Å². The summed E-state index contributed by atoms with van der Waals surface area (Å²) in [6, 6.07) is 9.76. The summed E-state index contributed by atoms with van der Waals surface area (Å²) in [5.41, 5.74) is 3.06. The fourth-order valence-electron chi connectivity index (χ4n) is 2.74. The normalized spacial score (nSPS) is 14.3. The summed E-state index contributed by atoms with van der Waals surface area (Å²) in [7, 11) is 1.55. The van der Waals surface area contributed by atoms with Gasteiger partial charge in [-0.2, -0.15) is 5.10 Å². The second kappa shape index (κ2) is 6.24. The van der Waals surface area contributed by atoms with Crippen molar-refractivity contribution in [3.8, 4) is 0 Å². The molecule has 1 N–H and O–H groups in total. The number of carbonyl (C=O) groups is 2. The molecule has 1 aliphatic heterocycles. The number of nitrogens with zero attached hydrogens (tertiary/aromatic N) is 3. The number of aromatic nitrogens is 2. The Morgan fingerprint density at radius 3 is 2.70 bits per heavy atom. The maximum Gasteiger partial charge on any atom is 0.272 e. The van der Waals surface area contributed by atoms with Crippen molar-refractivity contribution in [2.45, 2.75) is 26.4 Å². The fraction of sp³-hybridized carbons (Fsp3) is 0.353. The van der Waals surface area contributed by atoms with Gasteiger partial charge in [-0.15, -0.1) is 0 Å². The highest BCUT2D eigenvalue weighted by Crippen LogP contribution is 2.17. The Morgan fingerprint density at radius 2 is 2.00 bits per heavy atom. The molecule has 120 valence electrons. The highest BCUT2D eigenvalue weighted by molar-refractivity contribution is 5.97. The fourth-order valence-corrected chi connectivity index (χ4v) is 2.74. The summed E-state index contributed by atoms with van der Waals surface area (Å²) in [5, 5.41) is 6.78. The van der Waals surface area contributed by atoms with Crippen LogP contribution in [-0.2, 0) is 13.1 Å². The van der Waals surface area contributed by atoms with Gasteiger partial charge in [0.05, 0.1) is 0 Å². The molecule has 1 aliphatic rings. The van der Waals surface area contributed by atoms with Crippen molar-refractivity contribution >= 4 is 11.8 Å². The first-order valence-corrected chi connectivity index (χ1v) is 7.73. The van der Waals surface area contributed by atoms with Crippen LogP contribution >= 0.6 is 0 Å². The molecular formula is C17H20N4O2. The molecule has 0 atom stereocenters. The van der Waals surface area contributed by atoms with Crippen LogP contribution in [0.2, 0.25) is 0 Å². The van der Waals surface area contributed by atoms with Crippen LogP contribution in [0.15, 0.2) is 30.3 Å². The van der Waals surface area contributed by atoms with Crippen molar-refractivity contribution in [1.29, 1.82) is 0 Å². The van der Waals surface area contributed by atoms with Gasteiger partial charge in [0, 0.05) is 32.7 Å². The zero-order valence-electron chi connectivity index (χ0n) is 13.4. The molecule has 0 aliphatic carbocycles. The first kappa shape index (κ1) is 15.3. The Labute approximate surface area is 135 Å². The van der Waals surface area contributed by atoms with E-state index in [9.17, 15) is 9.59 Å². The molecular weight excluding hydrogens is 292 g/mol. The predicted octanol–water partition coefficient (Wildman–Crippen LogP) is 1.60. The van der Waals surface area contributed by atoms with Gasteiger partial charge in [0.25, 0.3) is 11.8 Å². The summed E-state index contributed by atoms with van der Waals surface area (Å²) in [6.45, 7) is 3.94. The number of hydrogen-bond acceptors (Lipinski definition) is 3. The average molecular weight is 312 g/mol. The number of benzene rings is 1. The summed E-state index contributed by atoms with van der Waals surface area (Å²) in [4.78, 5) is 26.3. The van der Waals surface area contributed by atoms with Gasteiger partial charge in [-0.3, -0.25) is 14.3 Å². The van der Waals surface area contributed by atoms with Crippen LogP contribution in [-0.4, -0.2) is 40.1 Å². The van der Waals surface area contributed by atoms with Crippen molar-refractivity contribution in [1.82, 2.24) is 20.0 Å².